The molecule has 5 rings (SSSR count). The van der Waals surface area contributed by atoms with Crippen LogP contribution < -0.4 is 0 Å². The van der Waals surface area contributed by atoms with E-state index in [1.807, 2.05) is 32.1 Å². The normalized spacial score (nSPS) is 32.2. The molecule has 0 unspecified atom stereocenters. The Morgan fingerprint density at radius 2 is 1.87 bits per heavy atom. The molecule has 2 fully saturated rings. The number of esters is 3. The summed E-state index contributed by atoms with van der Waals surface area (Å²) < 4.78 is 30.1. The Labute approximate surface area is 306 Å². The molecular weight excluding hydrogens is 668 g/mol. The number of allylic oxidation sites excluding steroid dienone is 2. The van der Waals surface area contributed by atoms with Gasteiger partial charge in [-0.3, -0.25) is 4.79 Å². The number of carbonyl (C=O) groups excluding carboxylic acids is 3. The third kappa shape index (κ3) is 8.78. The van der Waals surface area contributed by atoms with Gasteiger partial charge in [0.15, 0.2) is 18.3 Å². The zero-order chi connectivity index (χ0) is 37.7. The summed E-state index contributed by atoms with van der Waals surface area (Å²) in [5, 5.41) is 19.7. The van der Waals surface area contributed by atoms with E-state index in [2.05, 4.69) is 31.8 Å². The second-order valence-electron chi connectivity index (χ2n) is 15.4. The molecule has 4 aliphatic rings. The van der Waals surface area contributed by atoms with Crippen molar-refractivity contribution < 1.29 is 48.3 Å². The number of nitrogens with one attached hydrogen (secondary N) is 1. The molecule has 6 atom stereocenters. The maximum Gasteiger partial charge on any atom is 0.334 e. The summed E-state index contributed by atoms with van der Waals surface area (Å²) in [5.41, 5.74) is 4.03. The van der Waals surface area contributed by atoms with Crippen LogP contribution in [0.15, 0.2) is 63.2 Å². The van der Waals surface area contributed by atoms with Gasteiger partial charge in [-0.05, 0) is 93.2 Å². The summed E-state index contributed by atoms with van der Waals surface area (Å²) in [4.78, 5) is 48.4. The van der Waals surface area contributed by atoms with E-state index in [1.54, 1.807) is 6.92 Å². The molecule has 0 amide bonds. The van der Waals surface area contributed by atoms with Crippen molar-refractivity contribution in [1.82, 2.24) is 4.98 Å². The van der Waals surface area contributed by atoms with Crippen LogP contribution in [0.1, 0.15) is 85.5 Å². The van der Waals surface area contributed by atoms with Crippen molar-refractivity contribution in [2.75, 3.05) is 26.4 Å². The van der Waals surface area contributed by atoms with Crippen LogP contribution in [0.5, 0.6) is 0 Å². The Kier molecular flexibility index (Phi) is 12.6. The average Bonchev–Trinajstić information content (AvgIpc) is 3.87. The number of hydrogen-bond donors (Lipinski definition) is 3. The predicted molar refractivity (Wildman–Crippen MR) is 193 cm³/mol. The van der Waals surface area contributed by atoms with Gasteiger partial charge >= 0.3 is 17.9 Å². The number of H-pyrrole nitrogens is 1. The molecule has 12 heteroatoms. The minimum atomic E-state index is -1.49. The van der Waals surface area contributed by atoms with Gasteiger partial charge in [-0.2, -0.15) is 0 Å². The molecule has 0 radical (unpaired) electrons. The van der Waals surface area contributed by atoms with Gasteiger partial charge in [0, 0.05) is 30.4 Å². The summed E-state index contributed by atoms with van der Waals surface area (Å²) in [6.45, 7) is 13.3. The third-order valence-electron chi connectivity index (χ3n) is 10.1. The molecule has 1 aromatic rings. The molecule has 0 aliphatic carbocycles. The van der Waals surface area contributed by atoms with Crippen LogP contribution in [0, 0.1) is 17.3 Å². The lowest BCUT2D eigenvalue weighted by molar-refractivity contribution is -0.153. The fourth-order valence-corrected chi connectivity index (χ4v) is 7.01. The Bertz CT molecular complexity index is 1660. The number of rotatable bonds is 9. The maximum atomic E-state index is 13.7. The second kappa shape index (κ2) is 16.8. The monoisotopic (exact) mass is 722 g/mol. The minimum absolute atomic E-state index is 0.00163. The number of ether oxygens (including phenoxy) is 5. The molecule has 2 saturated heterocycles. The predicted octanol–water partition coefficient (Wildman–Crippen LogP) is 4.84. The number of aliphatic imine (C=N–C) groups is 1. The molecule has 52 heavy (non-hydrogen) atoms. The lowest BCUT2D eigenvalue weighted by Crippen LogP contribution is -2.43. The fourth-order valence-electron chi connectivity index (χ4n) is 7.01. The van der Waals surface area contributed by atoms with Crippen LogP contribution >= 0.6 is 0 Å². The van der Waals surface area contributed by atoms with Gasteiger partial charge in [0.05, 0.1) is 19.3 Å². The number of nitrogens with zero attached hydrogens (tertiary/aromatic N) is 1. The largest absolute Gasteiger partial charge is 0.467 e. The number of aliphatic hydroxyl groups excluding tert-OH is 2. The average molecular weight is 723 g/mol. The van der Waals surface area contributed by atoms with Crippen LogP contribution in [0.2, 0.25) is 0 Å². The van der Waals surface area contributed by atoms with E-state index in [0.29, 0.717) is 42.5 Å². The molecule has 5 heterocycles. The van der Waals surface area contributed by atoms with Gasteiger partial charge in [0.2, 0.25) is 5.90 Å². The number of hydrogen-bond acceptors (Lipinski definition) is 11. The number of aromatic nitrogens is 1. The Hall–Kier alpha value is -4.00. The van der Waals surface area contributed by atoms with Crippen molar-refractivity contribution in [2.24, 2.45) is 22.2 Å². The maximum absolute atomic E-state index is 13.7. The van der Waals surface area contributed by atoms with Crippen LogP contribution in [-0.2, 0) is 44.5 Å². The highest BCUT2D eigenvalue weighted by Gasteiger charge is 2.57. The molecule has 0 spiro atoms. The van der Waals surface area contributed by atoms with Crippen molar-refractivity contribution in [3.8, 4) is 0 Å². The molecule has 1 aromatic heterocycles. The molecule has 3 N–H and O–H groups in total. The van der Waals surface area contributed by atoms with E-state index in [1.165, 1.54) is 6.92 Å². The zero-order valence-corrected chi connectivity index (χ0v) is 31.4. The summed E-state index contributed by atoms with van der Waals surface area (Å²) in [5.74, 6) is -1.46. The first kappa shape index (κ1) is 39.2. The molecule has 0 saturated carbocycles. The highest BCUT2D eigenvalue weighted by Crippen LogP contribution is 2.40. The van der Waals surface area contributed by atoms with Gasteiger partial charge in [0.25, 0.3) is 0 Å². The van der Waals surface area contributed by atoms with Gasteiger partial charge in [-0.25, -0.2) is 14.6 Å². The van der Waals surface area contributed by atoms with E-state index in [4.69, 9.17) is 28.7 Å². The van der Waals surface area contributed by atoms with Gasteiger partial charge in [0.1, 0.15) is 23.8 Å². The van der Waals surface area contributed by atoms with Crippen LogP contribution in [0.4, 0.5) is 0 Å². The molecule has 12 nitrogen and oxygen atoms in total. The number of carbonyl (C=O) groups is 3. The third-order valence-corrected chi connectivity index (χ3v) is 10.1. The smallest absolute Gasteiger partial charge is 0.334 e. The fraction of sp³-hybridized carbons (Fsp3) is 0.600. The topological polar surface area (TPSA) is 166 Å². The van der Waals surface area contributed by atoms with Crippen LogP contribution in [0.3, 0.4) is 0 Å². The summed E-state index contributed by atoms with van der Waals surface area (Å²) in [6, 6.07) is 3.27. The first-order valence-corrected chi connectivity index (χ1v) is 18.4. The van der Waals surface area contributed by atoms with Crippen LogP contribution in [0.25, 0.3) is 0 Å². The molecule has 4 aliphatic heterocycles. The Morgan fingerprint density at radius 1 is 1.10 bits per heavy atom. The number of aromatic amines is 1. The standard InChI is InChI=1S/C40H54N2O10/c1-22(2)15-26-17-34(45)51-36-35(52-39(47)40(36,7)21-44)25(6)10-11-27-12-13-30(41-27)37-42-31(33(50-37)20-49-38(26)46)18-28-29(24(5)9-8-14-43)19-48-32(28)16-23(3)4/h10,12-13,17-18,22-23,31-33,35-36,41,43-44H,8-9,11,14-16,19-21H2,1-7H3/b25-10-,26-17-,28-18-,29-24+/t31-,32-,33-,35-,36+,40+/m1/s1. The Morgan fingerprint density at radius 3 is 2.56 bits per heavy atom. The van der Waals surface area contributed by atoms with E-state index in [9.17, 15) is 24.6 Å². The molecular formula is C40H54N2O10. The molecule has 4 bridgehead atoms. The second-order valence-corrected chi connectivity index (χ2v) is 15.4. The lowest BCUT2D eigenvalue weighted by Gasteiger charge is -2.27. The quantitative estimate of drug-likeness (QED) is 0.182. The highest BCUT2D eigenvalue weighted by molar-refractivity contribution is 5.97. The van der Waals surface area contributed by atoms with Crippen molar-refractivity contribution in [3.63, 3.8) is 0 Å². The zero-order valence-electron chi connectivity index (χ0n) is 31.4. The van der Waals surface area contributed by atoms with Gasteiger partial charge < -0.3 is 38.9 Å². The number of cyclic esters (lactones) is 1. The summed E-state index contributed by atoms with van der Waals surface area (Å²) in [7, 11) is 0. The van der Waals surface area contributed by atoms with Gasteiger partial charge in [-0.15, -0.1) is 0 Å². The van der Waals surface area contributed by atoms with E-state index in [-0.39, 0.29) is 37.2 Å². The van der Waals surface area contributed by atoms with E-state index in [0.717, 1.165) is 41.3 Å². The number of aliphatic hydroxyl groups is 2. The molecule has 0 aromatic carbocycles. The molecule has 284 valence electrons. The number of fused-ring (bicyclic) bond motifs is 6. The first-order chi connectivity index (χ1) is 24.7. The highest BCUT2D eigenvalue weighted by atomic mass is 16.6. The minimum Gasteiger partial charge on any atom is -0.467 e. The van der Waals surface area contributed by atoms with Crippen molar-refractivity contribution >= 4 is 23.8 Å². The SMILES string of the molecule is C/C1=C/Cc2ccc([nH]2)C2=N[C@H](/C=C3/C(=C(\C)CCCO)CO[C@@H]3CC(C)C)[C@@H](COC(=O)/C(CC(C)C)=C\C(=O)O[C@H]3[C@@H]1OC(=O)[C@@]3(C)CO)O2. The lowest BCUT2D eigenvalue weighted by atomic mass is 9.83. The van der Waals surface area contributed by atoms with E-state index >= 15 is 0 Å². The van der Waals surface area contributed by atoms with E-state index < -0.39 is 54.3 Å². The van der Waals surface area contributed by atoms with Crippen molar-refractivity contribution in [2.45, 2.75) is 111 Å². The van der Waals surface area contributed by atoms with Crippen LogP contribution in [-0.4, -0.2) is 95.9 Å². The van der Waals surface area contributed by atoms with Gasteiger partial charge in [-0.1, -0.05) is 39.3 Å². The summed E-state index contributed by atoms with van der Waals surface area (Å²) >= 11 is 0. The Balaban J connectivity index is 1.55. The van der Waals surface area contributed by atoms with Crippen molar-refractivity contribution in [3.05, 3.63) is 69.6 Å². The summed E-state index contributed by atoms with van der Waals surface area (Å²) in [6.07, 6.45) is 5.08. The first-order valence-electron chi connectivity index (χ1n) is 18.4. The van der Waals surface area contributed by atoms with Crippen molar-refractivity contribution in [1.29, 1.82) is 0 Å².